The van der Waals surface area contributed by atoms with Gasteiger partial charge in [-0.05, 0) is 30.9 Å². The molecule has 1 N–H and O–H groups in total. The first kappa shape index (κ1) is 6.79. The van der Waals surface area contributed by atoms with Crippen molar-refractivity contribution in [2.75, 3.05) is 0 Å². The molecule has 0 radical (unpaired) electrons. The van der Waals surface area contributed by atoms with Gasteiger partial charge < -0.3 is 5.41 Å². The van der Waals surface area contributed by atoms with Crippen LogP contribution in [-0.4, -0.2) is 6.21 Å². The first-order valence-corrected chi connectivity index (χ1v) is 3.83. The lowest BCUT2D eigenvalue weighted by Gasteiger charge is -2.22. The summed E-state index contributed by atoms with van der Waals surface area (Å²) in [7, 11) is 0. The van der Waals surface area contributed by atoms with E-state index in [4.69, 9.17) is 5.41 Å². The van der Waals surface area contributed by atoms with Crippen LogP contribution in [0.15, 0.2) is 0 Å². The predicted octanol–water partition coefficient (Wildman–Crippen LogP) is 2.46. The first-order valence-electron chi connectivity index (χ1n) is 3.83. The van der Waals surface area contributed by atoms with E-state index in [1.165, 1.54) is 25.7 Å². The zero-order valence-corrected chi connectivity index (χ0v) is 6.06. The van der Waals surface area contributed by atoms with Gasteiger partial charge in [0.2, 0.25) is 0 Å². The van der Waals surface area contributed by atoms with E-state index in [-0.39, 0.29) is 0 Å². The first-order chi connectivity index (χ1) is 4.33. The van der Waals surface area contributed by atoms with Crippen molar-refractivity contribution in [2.45, 2.75) is 32.6 Å². The van der Waals surface area contributed by atoms with E-state index in [0.29, 0.717) is 5.92 Å². The summed E-state index contributed by atoms with van der Waals surface area (Å²) in [6.45, 7) is 2.29. The molecule has 2 atom stereocenters. The van der Waals surface area contributed by atoms with Crippen LogP contribution in [0.2, 0.25) is 0 Å². The van der Waals surface area contributed by atoms with Crippen molar-refractivity contribution in [3.8, 4) is 0 Å². The maximum Gasteiger partial charge on any atom is -0.00166 e. The standard InChI is InChI=1S/C8H15N/c1-7-3-2-4-8(5-7)6-9/h6-9H,2-5H2,1H3/t7-,8?/m1/s1. The van der Waals surface area contributed by atoms with E-state index in [9.17, 15) is 0 Å². The average Bonchev–Trinajstić information content (AvgIpc) is 1.88. The molecule has 52 valence electrons. The third-order valence-corrected chi connectivity index (χ3v) is 2.21. The van der Waals surface area contributed by atoms with Crippen LogP contribution in [0.3, 0.4) is 0 Å². The van der Waals surface area contributed by atoms with Crippen LogP contribution >= 0.6 is 0 Å². The summed E-state index contributed by atoms with van der Waals surface area (Å²) in [5.41, 5.74) is 0. The summed E-state index contributed by atoms with van der Waals surface area (Å²) in [4.78, 5) is 0. The fraction of sp³-hybridized carbons (Fsp3) is 0.875. The summed E-state index contributed by atoms with van der Waals surface area (Å²) < 4.78 is 0. The average molecular weight is 125 g/mol. The molecule has 9 heavy (non-hydrogen) atoms. The number of nitrogens with one attached hydrogen (secondary N) is 1. The number of hydrogen-bond donors (Lipinski definition) is 1. The Morgan fingerprint density at radius 1 is 1.44 bits per heavy atom. The Morgan fingerprint density at radius 2 is 2.22 bits per heavy atom. The highest BCUT2D eigenvalue weighted by Crippen LogP contribution is 2.26. The second-order valence-corrected chi connectivity index (χ2v) is 3.20. The van der Waals surface area contributed by atoms with Crippen molar-refractivity contribution in [3.05, 3.63) is 0 Å². The molecule has 1 unspecified atom stereocenters. The van der Waals surface area contributed by atoms with Gasteiger partial charge in [0.25, 0.3) is 0 Å². The summed E-state index contributed by atoms with van der Waals surface area (Å²) in [6.07, 6.45) is 6.85. The zero-order chi connectivity index (χ0) is 6.69. The van der Waals surface area contributed by atoms with E-state index in [2.05, 4.69) is 6.92 Å². The minimum Gasteiger partial charge on any atom is -0.313 e. The Labute approximate surface area is 57.0 Å². The summed E-state index contributed by atoms with van der Waals surface area (Å²) >= 11 is 0. The largest absolute Gasteiger partial charge is 0.313 e. The molecule has 0 aliphatic heterocycles. The minimum absolute atomic E-state index is 0.605. The lowest BCUT2D eigenvalue weighted by Crippen LogP contribution is -2.13. The van der Waals surface area contributed by atoms with Crippen molar-refractivity contribution in [1.82, 2.24) is 0 Å². The van der Waals surface area contributed by atoms with Crippen molar-refractivity contribution in [3.63, 3.8) is 0 Å². The maximum absolute atomic E-state index is 7.06. The molecule has 1 nitrogen and oxygen atoms in total. The summed E-state index contributed by atoms with van der Waals surface area (Å²) in [6, 6.07) is 0. The van der Waals surface area contributed by atoms with Gasteiger partial charge in [0.05, 0.1) is 0 Å². The Hall–Kier alpha value is -0.330. The van der Waals surface area contributed by atoms with Crippen molar-refractivity contribution >= 4 is 6.21 Å². The predicted molar refractivity (Wildman–Crippen MR) is 39.9 cm³/mol. The van der Waals surface area contributed by atoms with E-state index < -0.39 is 0 Å². The molecule has 0 amide bonds. The quantitative estimate of drug-likeness (QED) is 0.520. The van der Waals surface area contributed by atoms with Crippen molar-refractivity contribution in [2.24, 2.45) is 11.8 Å². The van der Waals surface area contributed by atoms with Gasteiger partial charge in [-0.25, -0.2) is 0 Å². The van der Waals surface area contributed by atoms with E-state index >= 15 is 0 Å². The zero-order valence-electron chi connectivity index (χ0n) is 6.06. The third-order valence-electron chi connectivity index (χ3n) is 2.21. The molecule has 1 aliphatic rings. The smallest absolute Gasteiger partial charge is 0.00166 e. The molecule has 0 spiro atoms. The SMILES string of the molecule is C[C@@H]1CCCC(C=N)C1. The van der Waals surface area contributed by atoms with E-state index in [1.807, 2.05) is 0 Å². The molecule has 0 aromatic rings. The van der Waals surface area contributed by atoms with Gasteiger partial charge >= 0.3 is 0 Å². The van der Waals surface area contributed by atoms with Gasteiger partial charge in [-0.2, -0.15) is 0 Å². The molecule has 0 aromatic carbocycles. The summed E-state index contributed by atoms with van der Waals surface area (Å²) in [5, 5.41) is 7.06. The van der Waals surface area contributed by atoms with Gasteiger partial charge in [-0.1, -0.05) is 19.8 Å². The molecule has 0 aromatic heterocycles. The van der Waals surface area contributed by atoms with Crippen LogP contribution < -0.4 is 0 Å². The van der Waals surface area contributed by atoms with Crippen LogP contribution in [0, 0.1) is 17.2 Å². The lowest BCUT2D eigenvalue weighted by molar-refractivity contribution is 0.343. The van der Waals surface area contributed by atoms with Crippen LogP contribution in [0.25, 0.3) is 0 Å². The lowest BCUT2D eigenvalue weighted by atomic mass is 9.83. The molecule has 1 saturated carbocycles. The van der Waals surface area contributed by atoms with E-state index in [0.717, 1.165) is 5.92 Å². The van der Waals surface area contributed by atoms with Gasteiger partial charge in [-0.15, -0.1) is 0 Å². The van der Waals surface area contributed by atoms with Crippen LogP contribution in [0.1, 0.15) is 32.6 Å². The molecule has 1 aliphatic carbocycles. The van der Waals surface area contributed by atoms with E-state index in [1.54, 1.807) is 6.21 Å². The second kappa shape index (κ2) is 3.00. The monoisotopic (exact) mass is 125 g/mol. The van der Waals surface area contributed by atoms with Crippen molar-refractivity contribution in [1.29, 1.82) is 5.41 Å². The fourth-order valence-corrected chi connectivity index (χ4v) is 1.63. The summed E-state index contributed by atoms with van der Waals surface area (Å²) in [5.74, 6) is 1.47. The van der Waals surface area contributed by atoms with Crippen LogP contribution in [-0.2, 0) is 0 Å². The normalized spacial score (nSPS) is 36.1. The highest BCUT2D eigenvalue weighted by Gasteiger charge is 2.15. The topological polar surface area (TPSA) is 23.9 Å². The highest BCUT2D eigenvalue weighted by molar-refractivity contribution is 5.56. The molecule has 1 fully saturated rings. The van der Waals surface area contributed by atoms with Gasteiger partial charge in [0, 0.05) is 0 Å². The Balaban J connectivity index is 2.31. The van der Waals surface area contributed by atoms with Crippen LogP contribution in [0.5, 0.6) is 0 Å². The Bertz CT molecular complexity index is 98.7. The molecule has 0 heterocycles. The molecular formula is C8H15N. The number of hydrogen-bond acceptors (Lipinski definition) is 1. The van der Waals surface area contributed by atoms with Gasteiger partial charge in [0.15, 0.2) is 0 Å². The highest BCUT2D eigenvalue weighted by atomic mass is 14.4. The Kier molecular flexibility index (Phi) is 2.26. The molecule has 1 heteroatoms. The van der Waals surface area contributed by atoms with Gasteiger partial charge in [0.1, 0.15) is 0 Å². The van der Waals surface area contributed by atoms with Crippen LogP contribution in [0.4, 0.5) is 0 Å². The number of rotatable bonds is 1. The third kappa shape index (κ3) is 1.81. The maximum atomic E-state index is 7.06. The molecular weight excluding hydrogens is 110 g/mol. The minimum atomic E-state index is 0.605. The Morgan fingerprint density at radius 3 is 2.67 bits per heavy atom. The second-order valence-electron chi connectivity index (χ2n) is 3.20. The molecule has 0 saturated heterocycles. The van der Waals surface area contributed by atoms with Gasteiger partial charge in [-0.3, -0.25) is 0 Å². The molecule has 1 rings (SSSR count). The fourth-order valence-electron chi connectivity index (χ4n) is 1.63. The molecule has 0 bridgehead atoms. The van der Waals surface area contributed by atoms with Crippen molar-refractivity contribution < 1.29 is 0 Å².